The number of hydrogen-bond donors (Lipinski definition) is 1. The molecule has 0 aromatic rings. The maximum atomic E-state index is 11.5. The quantitative estimate of drug-likeness (QED) is 0.375. The summed E-state index contributed by atoms with van der Waals surface area (Å²) in [5.41, 5.74) is -0.0825. The van der Waals surface area contributed by atoms with E-state index in [-0.39, 0.29) is 5.71 Å². The van der Waals surface area contributed by atoms with Crippen LogP contribution in [0.1, 0.15) is 19.3 Å². The number of hydrogen-bond acceptors (Lipinski definition) is 3. The molecule has 1 N–H and O–H groups in total. The van der Waals surface area contributed by atoms with Gasteiger partial charge in [-0.15, -0.1) is 0 Å². The molecule has 11 heavy (non-hydrogen) atoms. The maximum absolute atomic E-state index is 11.5. The number of methoxy groups -OCH3 is 1. The summed E-state index contributed by atoms with van der Waals surface area (Å²) in [5.74, 6) is -0.621. The number of ether oxygens (including phenoxy) is 1. The summed E-state index contributed by atoms with van der Waals surface area (Å²) in [6.07, 6.45) is 1.24. The second kappa shape index (κ2) is 5.82. The summed E-state index contributed by atoms with van der Waals surface area (Å²) >= 11 is 0. The van der Waals surface area contributed by atoms with E-state index in [9.17, 15) is 9.18 Å². The van der Waals surface area contributed by atoms with Gasteiger partial charge in [-0.1, -0.05) is 0 Å². The fraction of sp³-hybridized carbons (Fsp3) is 0.714. The van der Waals surface area contributed by atoms with E-state index >= 15 is 0 Å². The van der Waals surface area contributed by atoms with Gasteiger partial charge >= 0.3 is 5.97 Å². The molecule has 0 fully saturated rings. The lowest BCUT2D eigenvalue weighted by Crippen LogP contribution is -2.14. The predicted molar refractivity (Wildman–Crippen MR) is 39.6 cm³/mol. The van der Waals surface area contributed by atoms with E-state index < -0.39 is 12.6 Å². The van der Waals surface area contributed by atoms with E-state index in [1.165, 1.54) is 7.11 Å². The Balaban J connectivity index is 3.44. The average Bonchev–Trinajstić information content (AvgIpc) is 2.03. The van der Waals surface area contributed by atoms with E-state index in [1.54, 1.807) is 0 Å². The van der Waals surface area contributed by atoms with Crippen molar-refractivity contribution in [2.75, 3.05) is 13.8 Å². The minimum Gasteiger partial charge on any atom is -0.465 e. The van der Waals surface area contributed by atoms with Crippen molar-refractivity contribution in [2.24, 2.45) is 0 Å². The lowest BCUT2D eigenvalue weighted by atomic mass is 10.2. The van der Waals surface area contributed by atoms with Gasteiger partial charge in [0.25, 0.3) is 0 Å². The first-order valence-corrected chi connectivity index (χ1v) is 3.44. The third-order valence-corrected chi connectivity index (χ3v) is 1.24. The number of rotatable bonds is 5. The first-order chi connectivity index (χ1) is 5.22. The van der Waals surface area contributed by atoms with Crippen molar-refractivity contribution in [3.63, 3.8) is 0 Å². The molecule has 0 aromatic carbocycles. The molecule has 64 valence electrons. The highest BCUT2D eigenvalue weighted by atomic mass is 19.1. The van der Waals surface area contributed by atoms with E-state index in [1.807, 2.05) is 0 Å². The van der Waals surface area contributed by atoms with Crippen LogP contribution < -0.4 is 0 Å². The third kappa shape index (κ3) is 4.47. The van der Waals surface area contributed by atoms with Gasteiger partial charge in [0, 0.05) is 0 Å². The van der Waals surface area contributed by atoms with Gasteiger partial charge in [-0.05, 0) is 19.3 Å². The molecule has 0 saturated heterocycles. The molecule has 0 unspecified atom stereocenters. The highest BCUT2D eigenvalue weighted by Gasteiger charge is 2.07. The molecule has 0 saturated carbocycles. The SMILES string of the molecule is COC(=O)C(=N)CCCCF. The molecule has 3 nitrogen and oxygen atoms in total. The Hall–Kier alpha value is -0.930. The molecule has 0 aliphatic carbocycles. The Labute approximate surface area is 65.1 Å². The maximum Gasteiger partial charge on any atom is 0.351 e. The lowest BCUT2D eigenvalue weighted by Gasteiger charge is -1.99. The van der Waals surface area contributed by atoms with Crippen molar-refractivity contribution in [1.29, 1.82) is 5.41 Å². The first-order valence-electron chi connectivity index (χ1n) is 3.44. The van der Waals surface area contributed by atoms with E-state index in [0.29, 0.717) is 19.3 Å². The summed E-state index contributed by atoms with van der Waals surface area (Å²) in [6.45, 7) is -0.394. The van der Waals surface area contributed by atoms with Gasteiger partial charge in [0.1, 0.15) is 5.71 Å². The monoisotopic (exact) mass is 161 g/mol. The largest absolute Gasteiger partial charge is 0.465 e. The van der Waals surface area contributed by atoms with E-state index in [2.05, 4.69) is 4.74 Å². The number of carbonyl (C=O) groups is 1. The highest BCUT2D eigenvalue weighted by Crippen LogP contribution is 1.98. The molecule has 0 spiro atoms. The van der Waals surface area contributed by atoms with Crippen molar-refractivity contribution in [3.05, 3.63) is 0 Å². The van der Waals surface area contributed by atoms with Crippen LogP contribution in [-0.2, 0) is 9.53 Å². The normalized spacial score (nSPS) is 9.27. The van der Waals surface area contributed by atoms with Crippen molar-refractivity contribution in [2.45, 2.75) is 19.3 Å². The minimum absolute atomic E-state index is 0.0825. The Morgan fingerprint density at radius 2 is 2.18 bits per heavy atom. The summed E-state index contributed by atoms with van der Waals surface area (Å²) in [7, 11) is 1.23. The van der Waals surface area contributed by atoms with Crippen LogP contribution in [0, 0.1) is 5.41 Å². The van der Waals surface area contributed by atoms with Crippen molar-refractivity contribution in [3.8, 4) is 0 Å². The molecule has 0 bridgehead atoms. The molecule has 0 heterocycles. The Morgan fingerprint density at radius 1 is 1.55 bits per heavy atom. The van der Waals surface area contributed by atoms with Crippen LogP contribution in [-0.4, -0.2) is 25.5 Å². The minimum atomic E-state index is -0.621. The predicted octanol–water partition coefficient (Wildman–Crippen LogP) is 1.32. The van der Waals surface area contributed by atoms with Crippen LogP contribution in [0.15, 0.2) is 0 Å². The van der Waals surface area contributed by atoms with E-state index in [0.717, 1.165) is 0 Å². The van der Waals surface area contributed by atoms with Crippen LogP contribution in [0.5, 0.6) is 0 Å². The number of esters is 1. The van der Waals surface area contributed by atoms with Crippen molar-refractivity contribution >= 4 is 11.7 Å². The molecule has 0 aromatic heterocycles. The number of nitrogens with one attached hydrogen (secondary N) is 1. The first kappa shape index (κ1) is 10.1. The van der Waals surface area contributed by atoms with Gasteiger partial charge in [0.15, 0.2) is 0 Å². The molecule has 4 heteroatoms. The highest BCUT2D eigenvalue weighted by molar-refractivity contribution is 6.34. The zero-order chi connectivity index (χ0) is 8.69. The zero-order valence-corrected chi connectivity index (χ0v) is 6.52. The van der Waals surface area contributed by atoms with Gasteiger partial charge in [-0.3, -0.25) is 9.80 Å². The van der Waals surface area contributed by atoms with Gasteiger partial charge in [-0.2, -0.15) is 0 Å². The molecule has 0 rings (SSSR count). The van der Waals surface area contributed by atoms with Crippen LogP contribution in [0.3, 0.4) is 0 Å². The number of unbranched alkanes of at least 4 members (excludes halogenated alkanes) is 1. The van der Waals surface area contributed by atoms with Crippen LogP contribution in [0.2, 0.25) is 0 Å². The second-order valence-corrected chi connectivity index (χ2v) is 2.12. The Morgan fingerprint density at radius 3 is 2.64 bits per heavy atom. The van der Waals surface area contributed by atoms with Gasteiger partial charge in [-0.25, -0.2) is 4.79 Å². The smallest absolute Gasteiger partial charge is 0.351 e. The van der Waals surface area contributed by atoms with Crippen LogP contribution in [0.25, 0.3) is 0 Å². The lowest BCUT2D eigenvalue weighted by molar-refractivity contribution is -0.132. The summed E-state index contributed by atoms with van der Waals surface area (Å²) in [4.78, 5) is 10.6. The standard InChI is InChI=1S/C7H12FNO2/c1-11-7(10)6(9)4-2-3-5-8/h9H,2-5H2,1H3. The number of carbonyl (C=O) groups excluding carboxylic acids is 1. The number of alkyl halides is 1. The van der Waals surface area contributed by atoms with Gasteiger partial charge < -0.3 is 4.74 Å². The zero-order valence-electron chi connectivity index (χ0n) is 6.52. The molecule has 0 aliphatic heterocycles. The molecule has 0 radical (unpaired) electrons. The van der Waals surface area contributed by atoms with Gasteiger partial charge in [0.05, 0.1) is 13.8 Å². The summed E-state index contributed by atoms with van der Waals surface area (Å²) in [5, 5.41) is 7.08. The summed E-state index contributed by atoms with van der Waals surface area (Å²) in [6, 6.07) is 0. The van der Waals surface area contributed by atoms with Crippen molar-refractivity contribution < 1.29 is 13.9 Å². The molecule has 0 aliphatic rings. The second-order valence-electron chi connectivity index (χ2n) is 2.12. The fourth-order valence-electron chi connectivity index (χ4n) is 0.622. The van der Waals surface area contributed by atoms with Crippen LogP contribution >= 0.6 is 0 Å². The third-order valence-electron chi connectivity index (χ3n) is 1.24. The molecule has 0 atom stereocenters. The summed E-state index contributed by atoms with van der Waals surface area (Å²) < 4.78 is 15.8. The number of halogens is 1. The van der Waals surface area contributed by atoms with E-state index in [4.69, 9.17) is 5.41 Å². The topological polar surface area (TPSA) is 50.2 Å². The Kier molecular flexibility index (Phi) is 5.33. The molecule has 0 amide bonds. The fourth-order valence-corrected chi connectivity index (χ4v) is 0.622. The average molecular weight is 161 g/mol. The molecular weight excluding hydrogens is 149 g/mol. The van der Waals surface area contributed by atoms with Gasteiger partial charge in [0.2, 0.25) is 0 Å². The van der Waals surface area contributed by atoms with Crippen LogP contribution in [0.4, 0.5) is 4.39 Å². The molecular formula is C7H12FNO2. The van der Waals surface area contributed by atoms with Crippen molar-refractivity contribution in [1.82, 2.24) is 0 Å². The Bertz CT molecular complexity index is 147.